The largest absolute Gasteiger partial charge is 0.397 e. The first-order valence-electron chi connectivity index (χ1n) is 6.26. The Morgan fingerprint density at radius 1 is 1.53 bits per heavy atom. The van der Waals surface area contributed by atoms with Crippen molar-refractivity contribution in [1.82, 2.24) is 4.98 Å². The highest BCUT2D eigenvalue weighted by Crippen LogP contribution is 2.31. The van der Waals surface area contributed by atoms with Crippen LogP contribution in [0.2, 0.25) is 0 Å². The molecule has 1 saturated carbocycles. The third-order valence-corrected chi connectivity index (χ3v) is 2.94. The summed E-state index contributed by atoms with van der Waals surface area (Å²) in [5.41, 5.74) is 6.24. The molecular formula is C13H19N3O. The van der Waals surface area contributed by atoms with Gasteiger partial charge in [0.15, 0.2) is 0 Å². The van der Waals surface area contributed by atoms with E-state index in [0.29, 0.717) is 18.2 Å². The lowest BCUT2D eigenvalue weighted by atomic mass is 10.2. The Morgan fingerprint density at radius 3 is 2.82 bits per heavy atom. The molecule has 0 aromatic carbocycles. The molecule has 1 fully saturated rings. The van der Waals surface area contributed by atoms with Crippen molar-refractivity contribution in [3.63, 3.8) is 0 Å². The van der Waals surface area contributed by atoms with E-state index in [-0.39, 0.29) is 5.91 Å². The first-order valence-corrected chi connectivity index (χ1v) is 6.26. The molecule has 0 bridgehead atoms. The Kier molecular flexibility index (Phi) is 3.61. The molecule has 0 aliphatic heterocycles. The molecular weight excluding hydrogens is 214 g/mol. The standard InChI is InChI=1S/C13H19N3O/c1-2-3-4-13(17)16(11-6-7-11)12-8-5-10(14)9-15-12/h5,8-9,11H,2-4,6-7,14H2,1H3. The van der Waals surface area contributed by atoms with Crippen molar-refractivity contribution >= 4 is 17.4 Å². The zero-order valence-corrected chi connectivity index (χ0v) is 10.2. The Morgan fingerprint density at radius 2 is 2.29 bits per heavy atom. The number of aromatic nitrogens is 1. The minimum absolute atomic E-state index is 0.187. The maximum atomic E-state index is 12.1. The predicted molar refractivity (Wildman–Crippen MR) is 68.7 cm³/mol. The van der Waals surface area contributed by atoms with Gasteiger partial charge in [0.2, 0.25) is 5.91 Å². The monoisotopic (exact) mass is 233 g/mol. The number of rotatable bonds is 5. The zero-order valence-electron chi connectivity index (χ0n) is 10.2. The first-order chi connectivity index (χ1) is 8.22. The van der Waals surface area contributed by atoms with Crippen LogP contribution in [-0.2, 0) is 4.79 Å². The van der Waals surface area contributed by atoms with E-state index in [9.17, 15) is 4.79 Å². The molecule has 2 N–H and O–H groups in total. The summed E-state index contributed by atoms with van der Waals surface area (Å²) < 4.78 is 0. The van der Waals surface area contributed by atoms with E-state index >= 15 is 0 Å². The van der Waals surface area contributed by atoms with Crippen molar-refractivity contribution in [3.05, 3.63) is 18.3 Å². The molecule has 4 heteroatoms. The van der Waals surface area contributed by atoms with E-state index < -0.39 is 0 Å². The van der Waals surface area contributed by atoms with Gasteiger partial charge in [-0.15, -0.1) is 0 Å². The molecule has 1 heterocycles. The molecule has 4 nitrogen and oxygen atoms in total. The van der Waals surface area contributed by atoms with Crippen LogP contribution >= 0.6 is 0 Å². The fraction of sp³-hybridized carbons (Fsp3) is 0.538. The van der Waals surface area contributed by atoms with Crippen LogP contribution in [0.3, 0.4) is 0 Å². The number of unbranched alkanes of at least 4 members (excludes halogenated alkanes) is 1. The topological polar surface area (TPSA) is 59.2 Å². The number of hydrogen-bond donors (Lipinski definition) is 1. The second-order valence-electron chi connectivity index (χ2n) is 4.55. The summed E-state index contributed by atoms with van der Waals surface area (Å²) in [6.07, 6.45) is 6.38. The number of amides is 1. The van der Waals surface area contributed by atoms with Gasteiger partial charge in [-0.1, -0.05) is 13.3 Å². The molecule has 2 rings (SSSR count). The Bertz CT molecular complexity index is 384. The summed E-state index contributed by atoms with van der Waals surface area (Å²) in [5, 5.41) is 0. The Balaban J connectivity index is 2.11. The minimum Gasteiger partial charge on any atom is -0.397 e. The van der Waals surface area contributed by atoms with Gasteiger partial charge in [0, 0.05) is 12.5 Å². The van der Waals surface area contributed by atoms with Crippen molar-refractivity contribution in [2.24, 2.45) is 0 Å². The minimum atomic E-state index is 0.187. The Hall–Kier alpha value is -1.58. The highest BCUT2D eigenvalue weighted by molar-refractivity contribution is 5.93. The van der Waals surface area contributed by atoms with Crippen LogP contribution in [0, 0.1) is 0 Å². The first kappa shape index (κ1) is 11.9. The van der Waals surface area contributed by atoms with Crippen molar-refractivity contribution in [1.29, 1.82) is 0 Å². The number of carbonyl (C=O) groups excluding carboxylic acids is 1. The van der Waals surface area contributed by atoms with Gasteiger partial charge in [-0.25, -0.2) is 4.98 Å². The molecule has 1 aliphatic carbocycles. The van der Waals surface area contributed by atoms with Gasteiger partial charge in [-0.2, -0.15) is 0 Å². The van der Waals surface area contributed by atoms with Crippen LogP contribution < -0.4 is 10.6 Å². The normalized spacial score (nSPS) is 14.6. The predicted octanol–water partition coefficient (Wildman–Crippen LogP) is 2.35. The summed E-state index contributed by atoms with van der Waals surface area (Å²) in [4.78, 5) is 18.2. The van der Waals surface area contributed by atoms with Gasteiger partial charge < -0.3 is 5.73 Å². The van der Waals surface area contributed by atoms with Gasteiger partial charge in [-0.05, 0) is 31.4 Å². The lowest BCUT2D eigenvalue weighted by Crippen LogP contribution is -2.33. The Labute approximate surface area is 102 Å². The van der Waals surface area contributed by atoms with Crippen molar-refractivity contribution in [2.75, 3.05) is 10.6 Å². The smallest absolute Gasteiger partial charge is 0.228 e. The van der Waals surface area contributed by atoms with Crippen LogP contribution in [0.1, 0.15) is 39.0 Å². The molecule has 0 unspecified atom stereocenters. The maximum absolute atomic E-state index is 12.1. The molecule has 17 heavy (non-hydrogen) atoms. The lowest BCUT2D eigenvalue weighted by Gasteiger charge is -2.21. The maximum Gasteiger partial charge on any atom is 0.228 e. The molecule has 1 aliphatic rings. The van der Waals surface area contributed by atoms with Crippen molar-refractivity contribution in [2.45, 2.75) is 45.1 Å². The molecule has 0 atom stereocenters. The summed E-state index contributed by atoms with van der Waals surface area (Å²) >= 11 is 0. The lowest BCUT2D eigenvalue weighted by molar-refractivity contribution is -0.118. The second-order valence-corrected chi connectivity index (χ2v) is 4.55. The quantitative estimate of drug-likeness (QED) is 0.849. The van der Waals surface area contributed by atoms with E-state index in [4.69, 9.17) is 5.73 Å². The third kappa shape index (κ3) is 2.96. The van der Waals surface area contributed by atoms with Crippen LogP contribution in [0.4, 0.5) is 11.5 Å². The summed E-state index contributed by atoms with van der Waals surface area (Å²) in [7, 11) is 0. The van der Waals surface area contributed by atoms with Crippen LogP contribution in [0.15, 0.2) is 18.3 Å². The average molecular weight is 233 g/mol. The van der Waals surface area contributed by atoms with Gasteiger partial charge in [0.1, 0.15) is 5.82 Å². The number of anilines is 2. The molecule has 0 radical (unpaired) electrons. The molecule has 1 aromatic heterocycles. The fourth-order valence-corrected chi connectivity index (χ4v) is 1.84. The van der Waals surface area contributed by atoms with E-state index in [1.54, 1.807) is 12.3 Å². The molecule has 0 spiro atoms. The number of carbonyl (C=O) groups is 1. The molecule has 92 valence electrons. The van der Waals surface area contributed by atoms with Gasteiger partial charge in [-0.3, -0.25) is 9.69 Å². The number of nitrogens with two attached hydrogens (primary N) is 1. The zero-order chi connectivity index (χ0) is 12.3. The van der Waals surface area contributed by atoms with Crippen LogP contribution in [0.25, 0.3) is 0 Å². The van der Waals surface area contributed by atoms with E-state index in [2.05, 4.69) is 11.9 Å². The van der Waals surface area contributed by atoms with E-state index in [0.717, 1.165) is 31.5 Å². The summed E-state index contributed by atoms with van der Waals surface area (Å²) in [5.74, 6) is 0.925. The van der Waals surface area contributed by atoms with Gasteiger partial charge >= 0.3 is 0 Å². The van der Waals surface area contributed by atoms with Crippen molar-refractivity contribution < 1.29 is 4.79 Å². The van der Waals surface area contributed by atoms with Gasteiger partial charge in [0.25, 0.3) is 0 Å². The van der Waals surface area contributed by atoms with Crippen LogP contribution in [-0.4, -0.2) is 16.9 Å². The number of nitrogen functional groups attached to an aromatic ring is 1. The second kappa shape index (κ2) is 5.17. The number of nitrogens with zero attached hydrogens (tertiary/aromatic N) is 2. The summed E-state index contributed by atoms with van der Waals surface area (Å²) in [6, 6.07) is 3.98. The fourth-order valence-electron chi connectivity index (χ4n) is 1.84. The van der Waals surface area contributed by atoms with Crippen LogP contribution in [0.5, 0.6) is 0 Å². The van der Waals surface area contributed by atoms with E-state index in [1.807, 2.05) is 11.0 Å². The number of pyridine rings is 1. The van der Waals surface area contributed by atoms with E-state index in [1.165, 1.54) is 0 Å². The highest BCUT2D eigenvalue weighted by atomic mass is 16.2. The van der Waals surface area contributed by atoms with Crippen molar-refractivity contribution in [3.8, 4) is 0 Å². The molecule has 0 saturated heterocycles. The average Bonchev–Trinajstić information content (AvgIpc) is 3.14. The van der Waals surface area contributed by atoms with Gasteiger partial charge in [0.05, 0.1) is 11.9 Å². The number of hydrogen-bond acceptors (Lipinski definition) is 3. The SMILES string of the molecule is CCCCC(=O)N(c1ccc(N)cn1)C1CC1. The third-order valence-electron chi connectivity index (χ3n) is 2.94. The molecule has 1 aromatic rings. The molecule has 1 amide bonds. The summed E-state index contributed by atoms with van der Waals surface area (Å²) in [6.45, 7) is 2.09. The highest BCUT2D eigenvalue weighted by Gasteiger charge is 2.33.